The Hall–Kier alpha value is -6.50. The van der Waals surface area contributed by atoms with Gasteiger partial charge in [-0.15, -0.1) is 0 Å². The quantitative estimate of drug-likeness (QED) is 0.107. The summed E-state index contributed by atoms with van der Waals surface area (Å²) in [5.41, 5.74) is 2.71. The summed E-state index contributed by atoms with van der Waals surface area (Å²) in [4.78, 5) is 48.7. The third kappa shape index (κ3) is 10.1. The number of benzene rings is 3. The van der Waals surface area contributed by atoms with Gasteiger partial charge in [0.05, 0.1) is 37.4 Å². The molecule has 6 heterocycles. The first-order valence-electron chi connectivity index (χ1n) is 22.9. The van der Waals surface area contributed by atoms with Crippen LogP contribution in [-0.2, 0) is 40.3 Å². The molecule has 0 radical (unpaired) electrons. The van der Waals surface area contributed by atoms with Gasteiger partial charge in [0, 0.05) is 83.7 Å². The third-order valence-corrected chi connectivity index (χ3v) is 12.5. The SMILES string of the molecule is CCc1c(F)ccc2cc(OCOC)cc(-c3ncc4c(N5CCCn6nc(C(=O)N7CCN(C(=O)OCc8ccccc8)CC7)cc6C5)nc(OC[C@H](C)CN5CCOCC5)nc4c3F)c12. The summed E-state index contributed by atoms with van der Waals surface area (Å²) in [6.45, 7) is 10.9. The number of hydrogen-bond acceptors (Lipinski definition) is 13. The Labute approximate surface area is 387 Å². The molecule has 2 fully saturated rings. The zero-order valence-electron chi connectivity index (χ0n) is 38.1. The van der Waals surface area contributed by atoms with E-state index in [2.05, 4.69) is 11.8 Å². The zero-order chi connectivity index (χ0) is 46.4. The number of piperazine rings is 1. The Morgan fingerprint density at radius 2 is 1.69 bits per heavy atom. The summed E-state index contributed by atoms with van der Waals surface area (Å²) >= 11 is 0. The second-order valence-electron chi connectivity index (χ2n) is 17.2. The molecular weight excluding hydrogens is 865 g/mol. The van der Waals surface area contributed by atoms with E-state index in [1.807, 2.05) is 46.8 Å². The summed E-state index contributed by atoms with van der Waals surface area (Å²) in [7, 11) is 1.51. The molecule has 0 unspecified atom stereocenters. The summed E-state index contributed by atoms with van der Waals surface area (Å²) in [5, 5.41) is 6.28. The molecule has 67 heavy (non-hydrogen) atoms. The Bertz CT molecular complexity index is 2730. The van der Waals surface area contributed by atoms with E-state index in [0.29, 0.717) is 116 Å². The van der Waals surface area contributed by atoms with Crippen molar-refractivity contribution in [2.75, 3.05) is 91.0 Å². The van der Waals surface area contributed by atoms with E-state index >= 15 is 8.78 Å². The van der Waals surface area contributed by atoms with Crippen LogP contribution in [0.1, 0.15) is 47.6 Å². The normalized spacial score (nSPS) is 16.2. The van der Waals surface area contributed by atoms with Crippen molar-refractivity contribution in [3.8, 4) is 23.0 Å². The van der Waals surface area contributed by atoms with E-state index in [0.717, 1.165) is 30.9 Å². The van der Waals surface area contributed by atoms with E-state index in [9.17, 15) is 9.59 Å². The van der Waals surface area contributed by atoms with Gasteiger partial charge in [-0.1, -0.05) is 50.2 Å². The van der Waals surface area contributed by atoms with Crippen LogP contribution in [-0.4, -0.2) is 138 Å². The lowest BCUT2D eigenvalue weighted by atomic mass is 9.94. The predicted molar refractivity (Wildman–Crippen MR) is 246 cm³/mol. The number of aromatic nitrogens is 5. The van der Waals surface area contributed by atoms with Gasteiger partial charge in [0.15, 0.2) is 18.3 Å². The van der Waals surface area contributed by atoms with Gasteiger partial charge in [-0.05, 0) is 59.0 Å². The molecule has 1 atom stereocenters. The van der Waals surface area contributed by atoms with Crippen molar-refractivity contribution in [3.05, 3.63) is 101 Å². The fourth-order valence-corrected chi connectivity index (χ4v) is 9.05. The second kappa shape index (κ2) is 20.6. The Kier molecular flexibility index (Phi) is 14.0. The number of carbonyl (C=O) groups excluding carboxylic acids is 2. The molecule has 0 saturated carbocycles. The van der Waals surface area contributed by atoms with Crippen LogP contribution in [0.25, 0.3) is 32.9 Å². The zero-order valence-corrected chi connectivity index (χ0v) is 38.1. The van der Waals surface area contributed by atoms with Gasteiger partial charge >= 0.3 is 12.1 Å². The second-order valence-corrected chi connectivity index (χ2v) is 17.2. The number of carbonyl (C=O) groups is 2. The molecule has 18 heteroatoms. The largest absolute Gasteiger partial charge is 0.468 e. The van der Waals surface area contributed by atoms with Crippen LogP contribution in [0.15, 0.2) is 66.9 Å². The number of pyridine rings is 1. The van der Waals surface area contributed by atoms with Gasteiger partial charge < -0.3 is 38.4 Å². The van der Waals surface area contributed by atoms with Crippen molar-refractivity contribution in [2.24, 2.45) is 5.92 Å². The summed E-state index contributed by atoms with van der Waals surface area (Å²) in [5.74, 6) is -0.434. The van der Waals surface area contributed by atoms with Crippen molar-refractivity contribution in [1.29, 1.82) is 0 Å². The number of ether oxygens (including phenoxy) is 5. The molecule has 0 spiro atoms. The molecule has 6 aromatic rings. The van der Waals surface area contributed by atoms with E-state index in [-0.39, 0.29) is 49.1 Å². The first-order chi connectivity index (χ1) is 32.7. The number of morpholine rings is 1. The van der Waals surface area contributed by atoms with Crippen LogP contribution < -0.4 is 14.4 Å². The fourth-order valence-electron chi connectivity index (χ4n) is 9.05. The molecule has 2 saturated heterocycles. The van der Waals surface area contributed by atoms with Crippen LogP contribution in [0.4, 0.5) is 19.4 Å². The smallest absolute Gasteiger partial charge is 0.410 e. The molecule has 2 amide bonds. The van der Waals surface area contributed by atoms with Crippen LogP contribution in [0, 0.1) is 17.6 Å². The molecule has 3 aromatic heterocycles. The van der Waals surface area contributed by atoms with Crippen LogP contribution in [0.2, 0.25) is 0 Å². The number of rotatable bonds is 14. The van der Waals surface area contributed by atoms with Gasteiger partial charge in [0.2, 0.25) is 0 Å². The minimum Gasteiger partial charge on any atom is -0.468 e. The molecule has 3 aromatic carbocycles. The number of halogens is 2. The number of anilines is 1. The van der Waals surface area contributed by atoms with Crippen LogP contribution in [0.3, 0.4) is 0 Å². The van der Waals surface area contributed by atoms with Gasteiger partial charge in [-0.3, -0.25) is 19.4 Å². The highest BCUT2D eigenvalue weighted by atomic mass is 19.1. The molecule has 3 aliphatic rings. The standard InChI is InChI=1S/C49H55F2N9O7/c1-4-37-40(50)12-11-34-23-36(67-31-63-3)25-38(42(34)37)44-43(51)45-39(26-52-44)46(54-48(53-45)65-29-32(2)27-56-19-21-64-22-20-56)59-13-8-14-60-35(28-59)24-41(55-60)47(61)57-15-17-58(18-16-57)49(62)66-30-33-9-6-5-7-10-33/h5-7,9-12,23-26,32H,4,8,13-22,27-31H2,1-3H3/t32-/m1/s1. The van der Waals surface area contributed by atoms with Crippen molar-refractivity contribution >= 4 is 39.5 Å². The number of nitrogens with zero attached hydrogens (tertiary/aromatic N) is 9. The highest BCUT2D eigenvalue weighted by Gasteiger charge is 2.30. The van der Waals surface area contributed by atoms with Crippen molar-refractivity contribution in [3.63, 3.8) is 0 Å². The maximum absolute atomic E-state index is 17.5. The third-order valence-electron chi connectivity index (χ3n) is 12.5. The number of fused-ring (bicyclic) bond motifs is 3. The summed E-state index contributed by atoms with van der Waals surface area (Å²) in [6, 6.07) is 17.8. The number of methoxy groups -OCH3 is 1. The average Bonchev–Trinajstić information content (AvgIpc) is 3.65. The number of amides is 2. The molecule has 0 aliphatic carbocycles. The lowest BCUT2D eigenvalue weighted by Crippen LogP contribution is -2.50. The molecule has 0 bridgehead atoms. The molecule has 3 aliphatic heterocycles. The van der Waals surface area contributed by atoms with Crippen LogP contribution >= 0.6 is 0 Å². The van der Waals surface area contributed by atoms with Gasteiger partial charge in [-0.2, -0.15) is 15.1 Å². The first kappa shape index (κ1) is 45.6. The Morgan fingerprint density at radius 1 is 0.896 bits per heavy atom. The van der Waals surface area contributed by atoms with E-state index in [4.69, 9.17) is 43.7 Å². The molecule has 16 nitrogen and oxygen atoms in total. The molecular formula is C49H55F2N9O7. The molecule has 0 N–H and O–H groups in total. The highest BCUT2D eigenvalue weighted by molar-refractivity contribution is 6.02. The van der Waals surface area contributed by atoms with E-state index in [1.165, 1.54) is 13.2 Å². The van der Waals surface area contributed by atoms with Gasteiger partial charge in [-0.25, -0.2) is 13.6 Å². The average molecular weight is 920 g/mol. The van der Waals surface area contributed by atoms with Crippen molar-refractivity contribution in [2.45, 2.75) is 46.4 Å². The topological polar surface area (TPSA) is 150 Å². The number of aryl methyl sites for hydroxylation is 2. The van der Waals surface area contributed by atoms with E-state index in [1.54, 1.807) is 40.3 Å². The highest BCUT2D eigenvalue weighted by Crippen LogP contribution is 2.40. The summed E-state index contributed by atoms with van der Waals surface area (Å²) < 4.78 is 63.1. The summed E-state index contributed by atoms with van der Waals surface area (Å²) in [6.07, 6.45) is 2.14. The first-order valence-corrected chi connectivity index (χ1v) is 22.9. The van der Waals surface area contributed by atoms with Crippen molar-refractivity contribution < 1.29 is 42.1 Å². The van der Waals surface area contributed by atoms with Gasteiger partial charge in [0.1, 0.15) is 35.2 Å². The molecule has 9 rings (SSSR count). The Balaban J connectivity index is 1.00. The lowest BCUT2D eigenvalue weighted by molar-refractivity contribution is 0.0280. The Morgan fingerprint density at radius 3 is 2.46 bits per heavy atom. The van der Waals surface area contributed by atoms with E-state index < -0.39 is 17.7 Å². The molecule has 352 valence electrons. The van der Waals surface area contributed by atoms with Crippen molar-refractivity contribution in [1.82, 2.24) is 39.4 Å². The monoisotopic (exact) mass is 919 g/mol. The maximum Gasteiger partial charge on any atom is 0.410 e. The lowest BCUT2D eigenvalue weighted by Gasteiger charge is -2.33. The minimum absolute atomic E-state index is 0.00594. The van der Waals surface area contributed by atoms with Gasteiger partial charge in [0.25, 0.3) is 5.91 Å². The maximum atomic E-state index is 17.5. The van der Waals surface area contributed by atoms with Crippen LogP contribution in [0.5, 0.6) is 11.8 Å². The fraction of sp³-hybridized carbons (Fsp3) is 0.429. The number of hydrogen-bond donors (Lipinski definition) is 0. The predicted octanol–water partition coefficient (Wildman–Crippen LogP) is 6.72. The minimum atomic E-state index is -0.721.